The van der Waals surface area contributed by atoms with E-state index < -0.39 is 26.3 Å². The normalized spacial score (nSPS) is 20.5. The summed E-state index contributed by atoms with van der Waals surface area (Å²) in [6.07, 6.45) is 3.12. The van der Waals surface area contributed by atoms with Gasteiger partial charge >= 0.3 is 0 Å². The molecule has 0 aliphatic carbocycles. The van der Waals surface area contributed by atoms with Crippen LogP contribution in [-0.2, 0) is 14.9 Å². The molecule has 0 spiro atoms. The van der Waals surface area contributed by atoms with Crippen LogP contribution in [0, 0.1) is 10.1 Å². The van der Waals surface area contributed by atoms with Crippen molar-refractivity contribution in [3.05, 3.63) is 34.0 Å². The maximum Gasteiger partial charge on any atom is 0.297 e. The van der Waals surface area contributed by atoms with Crippen molar-refractivity contribution in [1.82, 2.24) is 5.01 Å². The van der Waals surface area contributed by atoms with Gasteiger partial charge in [0.05, 0.1) is 6.20 Å². The zero-order chi connectivity index (χ0) is 12.5. The maximum atomic E-state index is 11.1. The number of nitro groups is 1. The Labute approximate surface area is 90.7 Å². The predicted octanol–water partition coefficient (Wildman–Crippen LogP) is -0.263. The van der Waals surface area contributed by atoms with Crippen LogP contribution in [0.1, 0.15) is 6.92 Å². The first-order valence-electron chi connectivity index (χ1n) is 4.03. The largest absolute Gasteiger partial charge is 0.297 e. The third kappa shape index (κ3) is 2.25. The summed E-state index contributed by atoms with van der Waals surface area (Å²) in [6, 6.07) is 0. The molecule has 16 heavy (non-hydrogen) atoms. The maximum absolute atomic E-state index is 11.1. The van der Waals surface area contributed by atoms with Crippen LogP contribution in [0.15, 0.2) is 23.9 Å². The van der Waals surface area contributed by atoms with E-state index in [1.807, 2.05) is 0 Å². The highest BCUT2D eigenvalue weighted by Crippen LogP contribution is 2.21. The molecule has 0 aromatic rings. The van der Waals surface area contributed by atoms with Crippen molar-refractivity contribution in [3.63, 3.8) is 0 Å². The molecule has 1 atom stereocenters. The average molecular weight is 248 g/mol. The van der Waals surface area contributed by atoms with E-state index >= 15 is 0 Å². The van der Waals surface area contributed by atoms with Gasteiger partial charge in [0.1, 0.15) is 0 Å². The zero-order valence-electron chi connectivity index (χ0n) is 8.10. The molecule has 88 valence electrons. The summed E-state index contributed by atoms with van der Waals surface area (Å²) in [5.41, 5.74) is -0.360. The quantitative estimate of drug-likeness (QED) is 0.415. The first kappa shape index (κ1) is 12.3. The first-order valence-corrected chi connectivity index (χ1v) is 5.53. The molecule has 1 N–H and O–H groups in total. The summed E-state index contributed by atoms with van der Waals surface area (Å²) in [4.78, 5) is 21.6. The summed E-state index contributed by atoms with van der Waals surface area (Å²) < 4.78 is 30.9. The first-order chi connectivity index (χ1) is 7.25. The molecule has 0 bridgehead atoms. The van der Waals surface area contributed by atoms with Crippen LogP contribution in [-0.4, -0.2) is 34.2 Å². The molecule has 0 fully saturated rings. The van der Waals surface area contributed by atoms with E-state index in [9.17, 15) is 23.3 Å². The number of ketones is 1. The second-order valence-electron chi connectivity index (χ2n) is 3.00. The molecule has 1 aliphatic rings. The lowest BCUT2D eigenvalue weighted by Crippen LogP contribution is -2.45. The summed E-state index contributed by atoms with van der Waals surface area (Å²) in [5.74, 6) is -0.668. The highest BCUT2D eigenvalue weighted by molar-refractivity contribution is 7.86. The SMILES string of the molecule is CC(=O)C1=CC=CN([N+](=O)[O-])C1S(=O)(=O)O. The lowest BCUT2D eigenvalue weighted by molar-refractivity contribution is -0.641. The van der Waals surface area contributed by atoms with Crippen molar-refractivity contribution >= 4 is 15.9 Å². The number of carbonyl (C=O) groups excluding carboxylic acids is 1. The number of rotatable bonds is 3. The Morgan fingerprint density at radius 2 is 2.19 bits per heavy atom. The topological polar surface area (TPSA) is 118 Å². The Morgan fingerprint density at radius 1 is 1.62 bits per heavy atom. The van der Waals surface area contributed by atoms with E-state index in [4.69, 9.17) is 4.55 Å². The summed E-state index contributed by atoms with van der Waals surface area (Å²) in [7, 11) is -4.77. The fourth-order valence-electron chi connectivity index (χ4n) is 1.27. The minimum Gasteiger partial charge on any atom is -0.295 e. The summed E-state index contributed by atoms with van der Waals surface area (Å²) >= 11 is 0. The molecular weight excluding hydrogens is 240 g/mol. The Bertz CT molecular complexity index is 491. The summed E-state index contributed by atoms with van der Waals surface area (Å²) in [5, 5.41) is 7.69. The number of carbonyl (C=O) groups is 1. The number of Topliss-reactive ketones (excluding diaryl/α,β-unsaturated/α-hetero) is 1. The second-order valence-corrected chi connectivity index (χ2v) is 4.48. The number of allylic oxidation sites excluding steroid dienone is 2. The molecule has 1 unspecified atom stereocenters. The van der Waals surface area contributed by atoms with Gasteiger partial charge in [0.25, 0.3) is 10.1 Å². The van der Waals surface area contributed by atoms with Crippen molar-refractivity contribution in [2.75, 3.05) is 0 Å². The van der Waals surface area contributed by atoms with Gasteiger partial charge in [-0.2, -0.15) is 8.42 Å². The molecule has 0 aromatic carbocycles. The Hall–Kier alpha value is -1.74. The van der Waals surface area contributed by atoms with Gasteiger partial charge in [-0.25, -0.2) is 10.1 Å². The van der Waals surface area contributed by atoms with Crippen molar-refractivity contribution in [1.29, 1.82) is 0 Å². The van der Waals surface area contributed by atoms with Crippen molar-refractivity contribution in [2.45, 2.75) is 12.3 Å². The number of hydrazine groups is 1. The lowest BCUT2D eigenvalue weighted by atomic mass is 10.1. The molecule has 8 nitrogen and oxygen atoms in total. The van der Waals surface area contributed by atoms with Gasteiger partial charge in [0.15, 0.2) is 10.8 Å². The molecule has 1 rings (SSSR count). The van der Waals surface area contributed by atoms with E-state index in [0.29, 0.717) is 0 Å². The molecule has 0 saturated carbocycles. The van der Waals surface area contributed by atoms with E-state index in [1.165, 1.54) is 0 Å². The van der Waals surface area contributed by atoms with E-state index in [-0.39, 0.29) is 10.6 Å². The minimum atomic E-state index is -4.77. The minimum absolute atomic E-state index is 0.159. The van der Waals surface area contributed by atoms with Crippen LogP contribution in [0.4, 0.5) is 0 Å². The average Bonchev–Trinajstić information content (AvgIpc) is 2.15. The van der Waals surface area contributed by atoms with Crippen molar-refractivity contribution in [3.8, 4) is 0 Å². The second kappa shape index (κ2) is 4.02. The van der Waals surface area contributed by atoms with Crippen LogP contribution in [0.25, 0.3) is 0 Å². The smallest absolute Gasteiger partial charge is 0.295 e. The van der Waals surface area contributed by atoms with Gasteiger partial charge in [-0.1, -0.05) is 11.1 Å². The predicted molar refractivity (Wildman–Crippen MR) is 52.1 cm³/mol. The molecule has 0 radical (unpaired) electrons. The zero-order valence-corrected chi connectivity index (χ0v) is 8.92. The van der Waals surface area contributed by atoms with Gasteiger partial charge in [-0.15, -0.1) is 0 Å². The highest BCUT2D eigenvalue weighted by atomic mass is 32.2. The molecule has 1 aliphatic heterocycles. The molecular formula is C7H8N2O6S. The third-order valence-electron chi connectivity index (χ3n) is 1.90. The number of nitrogens with zero attached hydrogens (tertiary/aromatic N) is 2. The highest BCUT2D eigenvalue weighted by Gasteiger charge is 2.41. The third-order valence-corrected chi connectivity index (χ3v) is 2.93. The van der Waals surface area contributed by atoms with Gasteiger partial charge in [-0.05, 0) is 13.0 Å². The van der Waals surface area contributed by atoms with Crippen LogP contribution in [0.5, 0.6) is 0 Å². The van der Waals surface area contributed by atoms with Crippen LogP contribution >= 0.6 is 0 Å². The Kier molecular flexibility index (Phi) is 3.10. The van der Waals surface area contributed by atoms with E-state index in [2.05, 4.69) is 0 Å². The van der Waals surface area contributed by atoms with Crippen molar-refractivity contribution in [2.24, 2.45) is 0 Å². The van der Waals surface area contributed by atoms with Crippen LogP contribution in [0.3, 0.4) is 0 Å². The van der Waals surface area contributed by atoms with E-state index in [0.717, 1.165) is 25.3 Å². The molecule has 0 saturated heterocycles. The Morgan fingerprint density at radius 3 is 2.56 bits per heavy atom. The van der Waals surface area contributed by atoms with Gasteiger partial charge in [0.2, 0.25) is 5.37 Å². The van der Waals surface area contributed by atoms with E-state index in [1.54, 1.807) is 0 Å². The standard InChI is InChI=1S/C7H8N2O6S/c1-5(10)6-3-2-4-8(9(11)12)7(6)16(13,14)15/h2-4,7H,1H3,(H,13,14,15). The Balaban J connectivity index is 3.31. The molecule has 9 heteroatoms. The molecule has 1 heterocycles. The molecule has 0 aromatic heterocycles. The summed E-state index contributed by atoms with van der Waals surface area (Å²) in [6.45, 7) is 1.06. The van der Waals surface area contributed by atoms with Crippen LogP contribution in [0.2, 0.25) is 0 Å². The fourth-order valence-corrected chi connectivity index (χ4v) is 2.25. The number of hydrogen-bond donors (Lipinski definition) is 1. The van der Waals surface area contributed by atoms with Gasteiger partial charge < -0.3 is 0 Å². The fraction of sp³-hybridized carbons (Fsp3) is 0.286. The molecule has 0 amide bonds. The van der Waals surface area contributed by atoms with Gasteiger partial charge in [-0.3, -0.25) is 9.35 Å². The number of hydrogen-bond acceptors (Lipinski definition) is 5. The monoisotopic (exact) mass is 248 g/mol. The lowest BCUT2D eigenvalue weighted by Gasteiger charge is -2.22. The van der Waals surface area contributed by atoms with Gasteiger partial charge in [0, 0.05) is 5.57 Å². The van der Waals surface area contributed by atoms with Crippen molar-refractivity contribution < 1.29 is 22.8 Å². The van der Waals surface area contributed by atoms with Crippen LogP contribution < -0.4 is 0 Å².